The van der Waals surface area contributed by atoms with Crippen LogP contribution in [0.3, 0.4) is 0 Å². The fourth-order valence-corrected chi connectivity index (χ4v) is 2.73. The number of nitrogens with two attached hydrogens (primary N) is 1. The van der Waals surface area contributed by atoms with E-state index in [0.717, 1.165) is 37.9 Å². The van der Waals surface area contributed by atoms with Crippen LogP contribution in [0.5, 0.6) is 0 Å². The molecule has 18 heavy (non-hydrogen) atoms. The van der Waals surface area contributed by atoms with Crippen LogP contribution in [0.15, 0.2) is 18.2 Å². The number of amides is 1. The van der Waals surface area contributed by atoms with E-state index < -0.39 is 0 Å². The number of anilines is 2. The van der Waals surface area contributed by atoms with Gasteiger partial charge in [0.1, 0.15) is 6.10 Å². The summed E-state index contributed by atoms with van der Waals surface area (Å²) in [7, 11) is 0. The molecule has 1 aromatic carbocycles. The van der Waals surface area contributed by atoms with Crippen LogP contribution >= 0.6 is 0 Å². The molecule has 0 radical (unpaired) electrons. The average Bonchev–Trinajstić information content (AvgIpc) is 2.82. The number of fused-ring (bicyclic) bond motifs is 1. The Hall–Kier alpha value is -1.55. The fraction of sp³-hybridized carbons (Fsp3) is 0.500. The summed E-state index contributed by atoms with van der Waals surface area (Å²) in [4.78, 5) is 14.3. The van der Waals surface area contributed by atoms with Gasteiger partial charge in [-0.05, 0) is 43.4 Å². The molecule has 1 fully saturated rings. The molecule has 0 bridgehead atoms. The molecule has 1 unspecified atom stereocenters. The third-order valence-corrected chi connectivity index (χ3v) is 3.73. The van der Waals surface area contributed by atoms with Crippen molar-refractivity contribution in [3.63, 3.8) is 0 Å². The molecule has 2 N–H and O–H groups in total. The summed E-state index contributed by atoms with van der Waals surface area (Å²) in [5.74, 6) is 0.0963. The predicted molar refractivity (Wildman–Crippen MR) is 70.5 cm³/mol. The van der Waals surface area contributed by atoms with Crippen LogP contribution in [0.2, 0.25) is 0 Å². The molecule has 1 atom stereocenters. The Morgan fingerprint density at radius 3 is 3.06 bits per heavy atom. The largest absolute Gasteiger partial charge is 0.399 e. The second-order valence-electron chi connectivity index (χ2n) is 4.98. The van der Waals surface area contributed by atoms with E-state index in [1.165, 1.54) is 5.56 Å². The number of benzene rings is 1. The third-order valence-electron chi connectivity index (χ3n) is 3.73. The van der Waals surface area contributed by atoms with Gasteiger partial charge in [-0.2, -0.15) is 0 Å². The molecule has 1 aromatic rings. The standard InChI is InChI=1S/C14H18N2O2/c15-11-5-4-10-6-7-16(12(10)9-11)14(17)13-3-1-2-8-18-13/h4-5,9,13H,1-3,6-8,15H2. The summed E-state index contributed by atoms with van der Waals surface area (Å²) in [5, 5.41) is 0. The summed E-state index contributed by atoms with van der Waals surface area (Å²) in [6.07, 6.45) is 3.63. The number of nitrogen functional groups attached to an aromatic ring is 1. The lowest BCUT2D eigenvalue weighted by atomic mass is 10.1. The van der Waals surface area contributed by atoms with Gasteiger partial charge in [0.25, 0.3) is 5.91 Å². The molecular weight excluding hydrogens is 228 g/mol. The first kappa shape index (κ1) is 11.5. The van der Waals surface area contributed by atoms with Gasteiger partial charge in [-0.15, -0.1) is 0 Å². The molecule has 0 aromatic heterocycles. The third kappa shape index (κ3) is 1.97. The lowest BCUT2D eigenvalue weighted by Crippen LogP contribution is -2.41. The van der Waals surface area contributed by atoms with E-state index in [0.29, 0.717) is 12.3 Å². The molecule has 1 saturated heterocycles. The highest BCUT2D eigenvalue weighted by Gasteiger charge is 2.31. The van der Waals surface area contributed by atoms with Crippen LogP contribution in [0, 0.1) is 0 Å². The molecule has 2 aliphatic rings. The zero-order valence-electron chi connectivity index (χ0n) is 10.4. The van der Waals surface area contributed by atoms with Gasteiger partial charge in [-0.25, -0.2) is 0 Å². The number of carbonyl (C=O) groups is 1. The van der Waals surface area contributed by atoms with Gasteiger partial charge in [-0.1, -0.05) is 6.07 Å². The molecule has 0 saturated carbocycles. The van der Waals surface area contributed by atoms with Crippen LogP contribution in [-0.2, 0) is 16.0 Å². The second kappa shape index (κ2) is 4.61. The summed E-state index contributed by atoms with van der Waals surface area (Å²) in [6.45, 7) is 1.45. The van der Waals surface area contributed by atoms with Crippen molar-refractivity contribution in [3.05, 3.63) is 23.8 Å². The Kier molecular flexibility index (Phi) is 2.96. The maximum atomic E-state index is 12.4. The summed E-state index contributed by atoms with van der Waals surface area (Å²) in [6, 6.07) is 5.80. The Morgan fingerprint density at radius 1 is 1.39 bits per heavy atom. The van der Waals surface area contributed by atoms with Gasteiger partial charge in [-0.3, -0.25) is 4.79 Å². The number of hydrogen-bond donors (Lipinski definition) is 1. The Morgan fingerprint density at radius 2 is 2.28 bits per heavy atom. The molecule has 0 aliphatic carbocycles. The van der Waals surface area contributed by atoms with Crippen molar-refractivity contribution in [2.45, 2.75) is 31.8 Å². The number of carbonyl (C=O) groups excluding carboxylic acids is 1. The zero-order chi connectivity index (χ0) is 12.5. The molecule has 3 rings (SSSR count). The van der Waals surface area contributed by atoms with Crippen LogP contribution in [0.25, 0.3) is 0 Å². The maximum absolute atomic E-state index is 12.4. The van der Waals surface area contributed by atoms with Crippen molar-refractivity contribution in [1.29, 1.82) is 0 Å². The van der Waals surface area contributed by atoms with E-state index in [9.17, 15) is 4.79 Å². The second-order valence-corrected chi connectivity index (χ2v) is 4.98. The number of ether oxygens (including phenoxy) is 1. The average molecular weight is 246 g/mol. The fourth-order valence-electron chi connectivity index (χ4n) is 2.73. The van der Waals surface area contributed by atoms with E-state index in [1.807, 2.05) is 23.1 Å². The highest BCUT2D eigenvalue weighted by atomic mass is 16.5. The van der Waals surface area contributed by atoms with E-state index >= 15 is 0 Å². The van der Waals surface area contributed by atoms with Crippen molar-refractivity contribution in [1.82, 2.24) is 0 Å². The maximum Gasteiger partial charge on any atom is 0.256 e. The van der Waals surface area contributed by atoms with Crippen LogP contribution in [-0.4, -0.2) is 25.2 Å². The van der Waals surface area contributed by atoms with Gasteiger partial charge in [0.15, 0.2) is 0 Å². The minimum absolute atomic E-state index is 0.0963. The van der Waals surface area contributed by atoms with Crippen molar-refractivity contribution in [2.75, 3.05) is 23.8 Å². The topological polar surface area (TPSA) is 55.6 Å². The van der Waals surface area contributed by atoms with Gasteiger partial charge < -0.3 is 15.4 Å². The van der Waals surface area contributed by atoms with E-state index in [4.69, 9.17) is 10.5 Å². The van der Waals surface area contributed by atoms with E-state index in [1.54, 1.807) is 0 Å². The van der Waals surface area contributed by atoms with E-state index in [-0.39, 0.29) is 12.0 Å². The SMILES string of the molecule is Nc1ccc2c(c1)N(C(=O)C1CCCCO1)CC2. The molecule has 2 aliphatic heterocycles. The minimum Gasteiger partial charge on any atom is -0.399 e. The van der Waals surface area contributed by atoms with Crippen LogP contribution in [0.4, 0.5) is 11.4 Å². The highest BCUT2D eigenvalue weighted by molar-refractivity contribution is 5.98. The Balaban J connectivity index is 1.82. The summed E-state index contributed by atoms with van der Waals surface area (Å²) in [5.41, 5.74) is 8.68. The van der Waals surface area contributed by atoms with Crippen LogP contribution < -0.4 is 10.6 Å². The molecule has 96 valence electrons. The molecule has 1 amide bonds. The molecular formula is C14H18N2O2. The van der Waals surface area contributed by atoms with Crippen molar-refractivity contribution in [3.8, 4) is 0 Å². The lowest BCUT2D eigenvalue weighted by Gasteiger charge is -2.27. The Bertz CT molecular complexity index is 467. The first-order chi connectivity index (χ1) is 8.75. The quantitative estimate of drug-likeness (QED) is 0.768. The molecule has 2 heterocycles. The van der Waals surface area contributed by atoms with Gasteiger partial charge in [0, 0.05) is 24.5 Å². The van der Waals surface area contributed by atoms with Crippen molar-refractivity contribution in [2.24, 2.45) is 0 Å². The number of rotatable bonds is 1. The van der Waals surface area contributed by atoms with Crippen molar-refractivity contribution >= 4 is 17.3 Å². The van der Waals surface area contributed by atoms with E-state index in [2.05, 4.69) is 0 Å². The normalized spacial score (nSPS) is 22.9. The Labute approximate surface area is 107 Å². The smallest absolute Gasteiger partial charge is 0.256 e. The summed E-state index contributed by atoms with van der Waals surface area (Å²) < 4.78 is 5.57. The molecule has 0 spiro atoms. The first-order valence-electron chi connectivity index (χ1n) is 6.57. The highest BCUT2D eigenvalue weighted by Crippen LogP contribution is 2.31. The molecule has 4 heteroatoms. The number of nitrogens with zero attached hydrogens (tertiary/aromatic N) is 1. The van der Waals surface area contributed by atoms with Crippen LogP contribution in [0.1, 0.15) is 24.8 Å². The lowest BCUT2D eigenvalue weighted by molar-refractivity contribution is -0.132. The zero-order valence-corrected chi connectivity index (χ0v) is 10.4. The minimum atomic E-state index is -0.258. The van der Waals surface area contributed by atoms with Gasteiger partial charge in [0.05, 0.1) is 0 Å². The van der Waals surface area contributed by atoms with Crippen molar-refractivity contribution < 1.29 is 9.53 Å². The number of hydrogen-bond acceptors (Lipinski definition) is 3. The van der Waals surface area contributed by atoms with Gasteiger partial charge in [0.2, 0.25) is 0 Å². The van der Waals surface area contributed by atoms with Gasteiger partial charge >= 0.3 is 0 Å². The predicted octanol–water partition coefficient (Wildman–Crippen LogP) is 1.73. The first-order valence-corrected chi connectivity index (χ1v) is 6.57. The molecule has 4 nitrogen and oxygen atoms in total. The monoisotopic (exact) mass is 246 g/mol. The summed E-state index contributed by atoms with van der Waals surface area (Å²) >= 11 is 0.